The summed E-state index contributed by atoms with van der Waals surface area (Å²) < 4.78 is 44.1. The summed E-state index contributed by atoms with van der Waals surface area (Å²) in [4.78, 5) is 18.4. The number of alkyl halides is 3. The average molecular weight is 360 g/mol. The Balaban J connectivity index is 1.78. The molecule has 3 rings (SSSR count). The molecule has 1 amide bonds. The summed E-state index contributed by atoms with van der Waals surface area (Å²) in [6.07, 6.45) is -4.31. The van der Waals surface area contributed by atoms with Crippen molar-refractivity contribution < 1.29 is 22.7 Å². The van der Waals surface area contributed by atoms with Crippen molar-refractivity contribution in [3.8, 4) is 0 Å². The number of aryl methyl sites for hydroxylation is 1. The average Bonchev–Trinajstić information content (AvgIpc) is 3.05. The quantitative estimate of drug-likeness (QED) is 0.822. The van der Waals surface area contributed by atoms with E-state index in [2.05, 4.69) is 10.1 Å². The van der Waals surface area contributed by atoms with Gasteiger partial charge in [-0.2, -0.15) is 18.3 Å². The van der Waals surface area contributed by atoms with Crippen LogP contribution in [-0.4, -0.2) is 45.2 Å². The van der Waals surface area contributed by atoms with Crippen LogP contribution in [0.1, 0.15) is 22.8 Å². The Morgan fingerprint density at radius 1 is 1.42 bits per heavy atom. The van der Waals surface area contributed by atoms with E-state index >= 15 is 0 Å². The van der Waals surface area contributed by atoms with Gasteiger partial charge in [-0.1, -0.05) is 11.3 Å². The number of carbonyl (C=O) groups excluding carboxylic acids is 1. The van der Waals surface area contributed by atoms with Gasteiger partial charge in [-0.3, -0.25) is 4.79 Å². The summed E-state index contributed by atoms with van der Waals surface area (Å²) in [5.41, 5.74) is 1.47. The van der Waals surface area contributed by atoms with Crippen molar-refractivity contribution in [3.63, 3.8) is 0 Å². The minimum atomic E-state index is -4.31. The lowest BCUT2D eigenvalue weighted by Crippen LogP contribution is -2.27. The number of fused-ring (bicyclic) bond motifs is 1. The maximum absolute atomic E-state index is 12.5. The molecule has 3 heterocycles. The first-order valence-electron chi connectivity index (χ1n) is 7.15. The van der Waals surface area contributed by atoms with Crippen molar-refractivity contribution in [3.05, 3.63) is 28.0 Å². The van der Waals surface area contributed by atoms with E-state index in [0.29, 0.717) is 23.0 Å². The molecular weight excluding hydrogens is 345 g/mol. The van der Waals surface area contributed by atoms with Crippen LogP contribution in [0.25, 0.3) is 4.96 Å². The van der Waals surface area contributed by atoms with Crippen LogP contribution in [0.2, 0.25) is 0 Å². The van der Waals surface area contributed by atoms with Gasteiger partial charge >= 0.3 is 6.18 Å². The number of methoxy groups -OCH3 is 1. The number of amides is 1. The highest BCUT2D eigenvalue weighted by atomic mass is 32.1. The van der Waals surface area contributed by atoms with E-state index in [-0.39, 0.29) is 18.7 Å². The molecule has 0 unspecified atom stereocenters. The standard InChI is InChI=1S/C14H15F3N4O2S/c1-8-10(21-13(18-8)24-11(19-21)7-23-2)6-20-5-9(3-12(20)22)4-14(15,16)17/h3H,4-7H2,1-2H3. The molecule has 1 aliphatic heterocycles. The van der Waals surface area contributed by atoms with Crippen LogP contribution in [0.5, 0.6) is 0 Å². The van der Waals surface area contributed by atoms with Gasteiger partial charge in [-0.15, -0.1) is 0 Å². The highest BCUT2D eigenvalue weighted by Crippen LogP contribution is 2.28. The summed E-state index contributed by atoms with van der Waals surface area (Å²) in [6, 6.07) is 0. The fourth-order valence-corrected chi connectivity index (χ4v) is 3.54. The Hall–Kier alpha value is -1.94. The Morgan fingerprint density at radius 2 is 2.17 bits per heavy atom. The van der Waals surface area contributed by atoms with Crippen molar-refractivity contribution in [2.24, 2.45) is 0 Å². The molecule has 0 saturated carbocycles. The number of carbonyl (C=O) groups is 1. The third-order valence-corrected chi connectivity index (χ3v) is 4.49. The lowest BCUT2D eigenvalue weighted by atomic mass is 10.2. The number of rotatable bonds is 5. The second-order valence-corrected chi connectivity index (χ2v) is 6.60. The molecule has 0 radical (unpaired) electrons. The molecule has 0 bridgehead atoms. The highest BCUT2D eigenvalue weighted by Gasteiger charge is 2.33. The molecule has 0 spiro atoms. The second-order valence-electron chi connectivity index (χ2n) is 5.56. The lowest BCUT2D eigenvalue weighted by Gasteiger charge is -2.16. The number of halogens is 3. The van der Waals surface area contributed by atoms with Crippen LogP contribution in [0, 0.1) is 6.92 Å². The summed E-state index contributed by atoms with van der Waals surface area (Å²) in [6.45, 7) is 2.28. The first-order chi connectivity index (χ1) is 11.3. The zero-order valence-electron chi connectivity index (χ0n) is 13.1. The van der Waals surface area contributed by atoms with Gasteiger partial charge in [-0.05, 0) is 12.5 Å². The van der Waals surface area contributed by atoms with E-state index in [1.807, 2.05) is 0 Å². The summed E-state index contributed by atoms with van der Waals surface area (Å²) in [5, 5.41) is 5.12. The molecule has 0 atom stereocenters. The molecule has 2 aromatic heterocycles. The normalized spacial score (nSPS) is 15.6. The maximum Gasteiger partial charge on any atom is 0.392 e. The van der Waals surface area contributed by atoms with Crippen molar-refractivity contribution in [1.82, 2.24) is 19.5 Å². The zero-order chi connectivity index (χ0) is 17.5. The van der Waals surface area contributed by atoms with Crippen molar-refractivity contribution >= 4 is 22.2 Å². The third kappa shape index (κ3) is 3.44. The largest absolute Gasteiger partial charge is 0.392 e. The van der Waals surface area contributed by atoms with E-state index < -0.39 is 18.5 Å². The van der Waals surface area contributed by atoms with Gasteiger partial charge in [0.05, 0.1) is 31.0 Å². The van der Waals surface area contributed by atoms with Crippen LogP contribution >= 0.6 is 11.3 Å². The molecule has 0 fully saturated rings. The van der Waals surface area contributed by atoms with Gasteiger partial charge in [0.2, 0.25) is 10.9 Å². The summed E-state index contributed by atoms with van der Waals surface area (Å²) in [7, 11) is 1.56. The maximum atomic E-state index is 12.5. The molecule has 130 valence electrons. The van der Waals surface area contributed by atoms with Gasteiger partial charge in [0.15, 0.2) is 0 Å². The van der Waals surface area contributed by atoms with Gasteiger partial charge in [0.25, 0.3) is 0 Å². The molecule has 24 heavy (non-hydrogen) atoms. The van der Waals surface area contributed by atoms with E-state index in [1.54, 1.807) is 18.5 Å². The Labute approximate surface area is 139 Å². The SMILES string of the molecule is COCc1nn2c(CN3CC(CC(F)(F)F)=CC3=O)c(C)nc2s1. The van der Waals surface area contributed by atoms with Crippen LogP contribution < -0.4 is 0 Å². The second kappa shape index (κ2) is 6.17. The monoisotopic (exact) mass is 360 g/mol. The van der Waals surface area contributed by atoms with Crippen LogP contribution in [0.4, 0.5) is 13.2 Å². The lowest BCUT2D eigenvalue weighted by molar-refractivity contribution is -0.128. The van der Waals surface area contributed by atoms with E-state index in [9.17, 15) is 18.0 Å². The third-order valence-electron chi connectivity index (χ3n) is 3.61. The van der Waals surface area contributed by atoms with E-state index in [4.69, 9.17) is 4.74 Å². The highest BCUT2D eigenvalue weighted by molar-refractivity contribution is 7.16. The molecule has 6 nitrogen and oxygen atoms in total. The predicted octanol–water partition coefficient (Wildman–Crippen LogP) is 2.47. The predicted molar refractivity (Wildman–Crippen MR) is 80.5 cm³/mol. The summed E-state index contributed by atoms with van der Waals surface area (Å²) in [5.74, 6) is -0.420. The fourth-order valence-electron chi connectivity index (χ4n) is 2.61. The zero-order valence-corrected chi connectivity index (χ0v) is 13.9. The van der Waals surface area contributed by atoms with Crippen LogP contribution in [-0.2, 0) is 22.7 Å². The molecule has 0 aromatic carbocycles. The molecule has 0 aliphatic carbocycles. The first-order valence-corrected chi connectivity index (χ1v) is 7.96. The Kier molecular flexibility index (Phi) is 4.35. The Bertz CT molecular complexity index is 809. The van der Waals surface area contributed by atoms with Gasteiger partial charge in [-0.25, -0.2) is 9.50 Å². The molecule has 1 aliphatic rings. The van der Waals surface area contributed by atoms with Crippen LogP contribution in [0.3, 0.4) is 0 Å². The molecule has 10 heteroatoms. The summed E-state index contributed by atoms with van der Waals surface area (Å²) >= 11 is 1.37. The van der Waals surface area contributed by atoms with E-state index in [1.165, 1.54) is 16.2 Å². The van der Waals surface area contributed by atoms with Gasteiger partial charge in [0.1, 0.15) is 5.01 Å². The number of hydrogen-bond donors (Lipinski definition) is 0. The van der Waals surface area contributed by atoms with Crippen molar-refractivity contribution in [1.29, 1.82) is 0 Å². The fraction of sp³-hybridized carbons (Fsp3) is 0.500. The topological polar surface area (TPSA) is 59.7 Å². The van der Waals surface area contributed by atoms with Crippen molar-refractivity contribution in [2.45, 2.75) is 32.7 Å². The van der Waals surface area contributed by atoms with Crippen molar-refractivity contribution in [2.75, 3.05) is 13.7 Å². The number of nitrogens with zero attached hydrogens (tertiary/aromatic N) is 4. The first kappa shape index (κ1) is 16.9. The van der Waals surface area contributed by atoms with Crippen LogP contribution in [0.15, 0.2) is 11.6 Å². The van der Waals surface area contributed by atoms with E-state index in [0.717, 1.165) is 11.1 Å². The number of ether oxygens (including phenoxy) is 1. The minimum Gasteiger partial charge on any atom is -0.377 e. The van der Waals surface area contributed by atoms with Gasteiger partial charge in [0, 0.05) is 19.7 Å². The Morgan fingerprint density at radius 3 is 2.83 bits per heavy atom. The molecule has 0 N–H and O–H groups in total. The number of aromatic nitrogens is 3. The number of imidazole rings is 1. The molecule has 2 aromatic rings. The molecular formula is C14H15F3N4O2S. The minimum absolute atomic E-state index is 0.0277. The molecule has 0 saturated heterocycles. The number of hydrogen-bond acceptors (Lipinski definition) is 5. The van der Waals surface area contributed by atoms with Gasteiger partial charge < -0.3 is 9.64 Å². The smallest absolute Gasteiger partial charge is 0.377 e.